The molecule has 0 N–H and O–H groups in total. The Labute approximate surface area is 369 Å². The zero-order valence-corrected chi connectivity index (χ0v) is 34.7. The van der Waals surface area contributed by atoms with Crippen molar-refractivity contribution in [3.8, 4) is 39.1 Å². The van der Waals surface area contributed by atoms with E-state index in [1.165, 1.54) is 32.9 Å². The highest BCUT2D eigenvalue weighted by molar-refractivity contribution is 6.13. The van der Waals surface area contributed by atoms with Crippen LogP contribution < -0.4 is 4.90 Å². The average molecular weight is 819 g/mol. The van der Waals surface area contributed by atoms with Crippen LogP contribution in [0.5, 0.6) is 0 Å². The van der Waals surface area contributed by atoms with Gasteiger partial charge in [-0.25, -0.2) is 0 Å². The highest BCUT2D eigenvalue weighted by Crippen LogP contribution is 2.45. The fraction of sp³-hybridized carbons (Fsp3) is 0. The number of furan rings is 2. The van der Waals surface area contributed by atoms with Gasteiger partial charge in [0.15, 0.2) is 0 Å². The topological polar surface area (TPSA) is 34.5 Å². The first kappa shape index (κ1) is 36.1. The maximum absolute atomic E-state index is 6.76. The fourth-order valence-electron chi connectivity index (χ4n) is 9.79. The molecule has 0 aliphatic carbocycles. The molecule has 0 amide bonds. The number of benzene rings is 10. The summed E-state index contributed by atoms with van der Waals surface area (Å²) in [7, 11) is 0. The Bertz CT molecular complexity index is 3820. The van der Waals surface area contributed by atoms with Crippen LogP contribution in [0.15, 0.2) is 239 Å². The van der Waals surface area contributed by atoms with Crippen molar-refractivity contribution in [1.29, 1.82) is 0 Å². The van der Waals surface area contributed by atoms with Gasteiger partial charge in [-0.2, -0.15) is 0 Å². The smallest absolute Gasteiger partial charge is 0.143 e. The van der Waals surface area contributed by atoms with Gasteiger partial charge >= 0.3 is 0 Å². The number of para-hydroxylation sites is 5. The standard InChI is InChI=1S/C60H38N2O2/c1-2-13-39(14-3-1)40-25-31-43(32-26-40)61(44-33-27-41(28-34-44)47-19-12-20-52-50-17-6-10-23-57(50)63-59(47)52)46-37-53(60-54(38-46)51-18-7-11-24-58(51)64-60)42-29-35-45(36-30-42)62-55-21-8-4-15-48(55)49-16-5-9-22-56(49)62/h1-38H. The molecule has 13 aromatic rings. The highest BCUT2D eigenvalue weighted by atomic mass is 16.3. The van der Waals surface area contributed by atoms with E-state index < -0.39 is 0 Å². The monoisotopic (exact) mass is 818 g/mol. The van der Waals surface area contributed by atoms with Crippen LogP contribution >= 0.6 is 0 Å². The van der Waals surface area contributed by atoms with Crippen LogP contribution in [0.2, 0.25) is 0 Å². The molecule has 64 heavy (non-hydrogen) atoms. The van der Waals surface area contributed by atoms with Gasteiger partial charge in [0.25, 0.3) is 0 Å². The number of anilines is 3. The van der Waals surface area contributed by atoms with Crippen molar-refractivity contribution in [1.82, 2.24) is 4.57 Å². The molecule has 0 spiro atoms. The first-order chi connectivity index (χ1) is 31.7. The van der Waals surface area contributed by atoms with Crippen LogP contribution in [-0.4, -0.2) is 4.57 Å². The zero-order valence-electron chi connectivity index (χ0n) is 34.7. The van der Waals surface area contributed by atoms with E-state index in [4.69, 9.17) is 8.83 Å². The van der Waals surface area contributed by atoms with E-state index >= 15 is 0 Å². The van der Waals surface area contributed by atoms with Crippen LogP contribution in [0.3, 0.4) is 0 Å². The third-order valence-corrected chi connectivity index (χ3v) is 12.8. The van der Waals surface area contributed by atoms with E-state index in [1.807, 2.05) is 18.2 Å². The van der Waals surface area contributed by atoms with Gasteiger partial charge < -0.3 is 18.3 Å². The molecular weight excluding hydrogens is 781 g/mol. The number of hydrogen-bond acceptors (Lipinski definition) is 3. The normalized spacial score (nSPS) is 11.8. The minimum Gasteiger partial charge on any atom is -0.455 e. The molecule has 0 saturated heterocycles. The summed E-state index contributed by atoms with van der Waals surface area (Å²) in [6.45, 7) is 0. The van der Waals surface area contributed by atoms with Crippen molar-refractivity contribution in [3.05, 3.63) is 231 Å². The lowest BCUT2D eigenvalue weighted by atomic mass is 9.99. The summed E-state index contributed by atoms with van der Waals surface area (Å²) in [4.78, 5) is 2.36. The van der Waals surface area contributed by atoms with Crippen LogP contribution in [0.4, 0.5) is 17.1 Å². The van der Waals surface area contributed by atoms with Crippen molar-refractivity contribution in [2.75, 3.05) is 4.90 Å². The van der Waals surface area contributed by atoms with Gasteiger partial charge in [0.2, 0.25) is 0 Å². The summed E-state index contributed by atoms with van der Waals surface area (Å²) < 4.78 is 15.6. The molecule has 0 fully saturated rings. The van der Waals surface area contributed by atoms with Gasteiger partial charge in [-0.05, 0) is 95.1 Å². The molecule has 0 bridgehead atoms. The third-order valence-electron chi connectivity index (χ3n) is 12.8. The van der Waals surface area contributed by atoms with Gasteiger partial charge in [0, 0.05) is 66.2 Å². The summed E-state index contributed by atoms with van der Waals surface area (Å²) in [6, 6.07) is 82.1. The molecule has 3 aromatic heterocycles. The Balaban J connectivity index is 0.979. The molecular formula is C60H38N2O2. The van der Waals surface area contributed by atoms with Crippen LogP contribution in [0.1, 0.15) is 0 Å². The molecule has 4 heteroatoms. The number of aromatic nitrogens is 1. The van der Waals surface area contributed by atoms with Gasteiger partial charge in [-0.15, -0.1) is 0 Å². The molecule has 13 rings (SSSR count). The molecule has 0 saturated carbocycles. The van der Waals surface area contributed by atoms with Gasteiger partial charge in [0.1, 0.15) is 22.3 Å². The second-order valence-corrected chi connectivity index (χ2v) is 16.5. The minimum atomic E-state index is 0.862. The maximum atomic E-state index is 6.76. The summed E-state index contributed by atoms with van der Waals surface area (Å²) >= 11 is 0. The van der Waals surface area contributed by atoms with Crippen molar-refractivity contribution >= 4 is 82.7 Å². The average Bonchev–Trinajstić information content (AvgIpc) is 4.05. The second-order valence-electron chi connectivity index (χ2n) is 16.5. The van der Waals surface area contributed by atoms with Gasteiger partial charge in [0.05, 0.1) is 11.0 Å². The number of rotatable bonds is 7. The lowest BCUT2D eigenvalue weighted by molar-refractivity contribution is 0.669. The molecule has 0 radical (unpaired) electrons. The number of nitrogens with zero attached hydrogens (tertiary/aromatic N) is 2. The molecule has 0 aliphatic heterocycles. The Morgan fingerprint density at radius 2 is 0.766 bits per heavy atom. The van der Waals surface area contributed by atoms with E-state index in [0.29, 0.717) is 0 Å². The van der Waals surface area contributed by atoms with E-state index in [2.05, 4.69) is 222 Å². The largest absolute Gasteiger partial charge is 0.455 e. The van der Waals surface area contributed by atoms with Crippen LogP contribution in [0.25, 0.3) is 105 Å². The second kappa shape index (κ2) is 14.5. The van der Waals surface area contributed by atoms with Crippen LogP contribution in [0, 0.1) is 0 Å². The lowest BCUT2D eigenvalue weighted by Gasteiger charge is -2.27. The van der Waals surface area contributed by atoms with Crippen molar-refractivity contribution in [3.63, 3.8) is 0 Å². The highest BCUT2D eigenvalue weighted by Gasteiger charge is 2.21. The first-order valence-corrected chi connectivity index (χ1v) is 21.7. The Morgan fingerprint density at radius 1 is 0.297 bits per heavy atom. The van der Waals surface area contributed by atoms with E-state index in [-0.39, 0.29) is 0 Å². The molecule has 0 unspecified atom stereocenters. The summed E-state index contributed by atoms with van der Waals surface area (Å²) in [5.74, 6) is 0. The molecule has 0 aliphatic rings. The quantitative estimate of drug-likeness (QED) is 0.161. The van der Waals surface area contributed by atoms with Crippen molar-refractivity contribution in [2.45, 2.75) is 0 Å². The number of hydrogen-bond donors (Lipinski definition) is 0. The van der Waals surface area contributed by atoms with Crippen molar-refractivity contribution in [2.24, 2.45) is 0 Å². The molecule has 300 valence electrons. The van der Waals surface area contributed by atoms with E-state index in [9.17, 15) is 0 Å². The molecule has 0 atom stereocenters. The Morgan fingerprint density at radius 3 is 1.41 bits per heavy atom. The Kier molecular flexibility index (Phi) is 8.18. The van der Waals surface area contributed by atoms with Gasteiger partial charge in [-0.3, -0.25) is 0 Å². The predicted molar refractivity (Wildman–Crippen MR) is 266 cm³/mol. The van der Waals surface area contributed by atoms with Crippen LogP contribution in [-0.2, 0) is 0 Å². The lowest BCUT2D eigenvalue weighted by Crippen LogP contribution is -2.10. The number of fused-ring (bicyclic) bond motifs is 9. The molecule has 3 heterocycles. The summed E-state index contributed by atoms with van der Waals surface area (Å²) in [6.07, 6.45) is 0. The van der Waals surface area contributed by atoms with Gasteiger partial charge in [-0.1, -0.05) is 158 Å². The third kappa shape index (κ3) is 5.77. The molecule has 10 aromatic carbocycles. The first-order valence-electron chi connectivity index (χ1n) is 21.7. The van der Waals surface area contributed by atoms with E-state index in [1.54, 1.807) is 0 Å². The Hall–Kier alpha value is -8.60. The summed E-state index contributed by atoms with van der Waals surface area (Å²) in [5, 5.41) is 6.88. The van der Waals surface area contributed by atoms with E-state index in [0.717, 1.165) is 88.9 Å². The zero-order chi connectivity index (χ0) is 42.1. The molecule has 4 nitrogen and oxygen atoms in total. The maximum Gasteiger partial charge on any atom is 0.143 e. The fourth-order valence-corrected chi connectivity index (χ4v) is 9.79. The SMILES string of the molecule is c1ccc(-c2ccc(N(c3ccc(-c4cccc5c4oc4ccccc45)cc3)c3cc(-c4ccc(-n5c6ccccc6c6ccccc65)cc4)c4oc5ccccc5c4c3)cc2)cc1. The minimum absolute atomic E-state index is 0.862. The summed E-state index contributed by atoms with van der Waals surface area (Å²) in [5.41, 5.74) is 16.7. The predicted octanol–water partition coefficient (Wildman–Crippen LogP) is 17.1. The van der Waals surface area contributed by atoms with Crippen molar-refractivity contribution < 1.29 is 8.83 Å².